The summed E-state index contributed by atoms with van der Waals surface area (Å²) >= 11 is 0. The van der Waals surface area contributed by atoms with Gasteiger partial charge in [-0.3, -0.25) is 0 Å². The molecule has 0 rings (SSSR count). The van der Waals surface area contributed by atoms with E-state index in [9.17, 15) is 13.6 Å². The van der Waals surface area contributed by atoms with Crippen LogP contribution in [0, 0.1) is 0 Å². The second kappa shape index (κ2) is 4.91. The summed E-state index contributed by atoms with van der Waals surface area (Å²) in [5.74, 6) is -1.09. The number of carbonyl (C=O) groups excluding carboxylic acids is 1. The van der Waals surface area contributed by atoms with Gasteiger partial charge in [0.1, 0.15) is 0 Å². The fraction of sp³-hybridized carbons (Fsp3) is 0.625. The van der Waals surface area contributed by atoms with Crippen LogP contribution in [0.5, 0.6) is 0 Å². The number of nitrogens with two attached hydrogens (primary N) is 1. The molecule has 3 nitrogen and oxygen atoms in total. The summed E-state index contributed by atoms with van der Waals surface area (Å²) in [4.78, 5) is 11.0. The predicted octanol–water partition coefficient (Wildman–Crippen LogP) is 1.09. The van der Waals surface area contributed by atoms with E-state index in [1.165, 1.54) is 13.0 Å². The maximum Gasteiger partial charge on any atom is 0.332 e. The van der Waals surface area contributed by atoms with Gasteiger partial charge in [-0.15, -0.1) is 6.58 Å². The number of hydrogen-bond acceptors (Lipinski definition) is 3. The molecule has 0 spiro atoms. The van der Waals surface area contributed by atoms with Gasteiger partial charge in [-0.1, -0.05) is 6.08 Å². The van der Waals surface area contributed by atoms with Crippen LogP contribution < -0.4 is 5.73 Å². The fourth-order valence-electron chi connectivity index (χ4n) is 0.766. The Balaban J connectivity index is 4.56. The van der Waals surface area contributed by atoms with Crippen LogP contribution in [0.4, 0.5) is 8.78 Å². The molecule has 0 aliphatic heterocycles. The van der Waals surface area contributed by atoms with Gasteiger partial charge in [0.05, 0.1) is 6.61 Å². The van der Waals surface area contributed by atoms with Gasteiger partial charge in [0.2, 0.25) is 0 Å². The van der Waals surface area contributed by atoms with E-state index in [4.69, 9.17) is 5.73 Å². The van der Waals surface area contributed by atoms with Gasteiger partial charge in [0.15, 0.2) is 5.54 Å². The Labute approximate surface area is 75.6 Å². The molecule has 2 N–H and O–H groups in total. The molecule has 5 heteroatoms. The van der Waals surface area contributed by atoms with Crippen molar-refractivity contribution in [2.24, 2.45) is 5.73 Å². The average molecular weight is 193 g/mol. The minimum absolute atomic E-state index is 0.0294. The zero-order valence-corrected chi connectivity index (χ0v) is 7.43. The van der Waals surface area contributed by atoms with E-state index >= 15 is 0 Å². The number of carbonyl (C=O) groups is 1. The molecule has 0 saturated heterocycles. The molecule has 0 aliphatic carbocycles. The maximum absolute atomic E-state index is 12.4. The van der Waals surface area contributed by atoms with E-state index in [0.29, 0.717) is 0 Å². The number of ether oxygens (including phenoxy) is 1. The van der Waals surface area contributed by atoms with Crippen molar-refractivity contribution >= 4 is 5.97 Å². The molecule has 13 heavy (non-hydrogen) atoms. The lowest BCUT2D eigenvalue weighted by Gasteiger charge is -2.24. The van der Waals surface area contributed by atoms with Gasteiger partial charge in [-0.2, -0.15) is 0 Å². The third-order valence-corrected chi connectivity index (χ3v) is 1.53. The van der Waals surface area contributed by atoms with E-state index in [2.05, 4.69) is 11.3 Å². The van der Waals surface area contributed by atoms with Crippen molar-refractivity contribution in [3.63, 3.8) is 0 Å². The molecule has 0 saturated carbocycles. The molecule has 0 aliphatic rings. The number of alkyl halides is 2. The highest BCUT2D eigenvalue weighted by atomic mass is 19.3. The van der Waals surface area contributed by atoms with Crippen molar-refractivity contribution < 1.29 is 18.3 Å². The first-order valence-corrected chi connectivity index (χ1v) is 3.84. The topological polar surface area (TPSA) is 52.3 Å². The van der Waals surface area contributed by atoms with Crippen LogP contribution in [0.2, 0.25) is 0 Å². The van der Waals surface area contributed by atoms with Gasteiger partial charge in [-0.25, -0.2) is 13.6 Å². The molecule has 0 fully saturated rings. The monoisotopic (exact) mass is 193 g/mol. The minimum Gasteiger partial charge on any atom is -0.464 e. The average Bonchev–Trinajstić information content (AvgIpc) is 2.04. The number of hydrogen-bond donors (Lipinski definition) is 1. The Morgan fingerprint density at radius 3 is 2.62 bits per heavy atom. The zero-order valence-electron chi connectivity index (χ0n) is 7.43. The van der Waals surface area contributed by atoms with E-state index in [-0.39, 0.29) is 13.0 Å². The van der Waals surface area contributed by atoms with E-state index < -0.39 is 17.9 Å². The Kier molecular flexibility index (Phi) is 4.55. The standard InChI is InChI=1S/C8H13F2NO2/c1-3-5-8(11,6(9)10)7(12)13-4-2/h3,6H,1,4-5,11H2,2H3. The number of halogens is 2. The SMILES string of the molecule is C=CCC(N)(C(=O)OCC)C(F)F. The third-order valence-electron chi connectivity index (χ3n) is 1.53. The highest BCUT2D eigenvalue weighted by Gasteiger charge is 2.43. The Morgan fingerprint density at radius 2 is 2.31 bits per heavy atom. The normalized spacial score (nSPS) is 15.2. The number of esters is 1. The van der Waals surface area contributed by atoms with Crippen LogP contribution in [-0.2, 0) is 9.53 Å². The highest BCUT2D eigenvalue weighted by molar-refractivity contribution is 5.81. The van der Waals surface area contributed by atoms with Crippen LogP contribution in [0.1, 0.15) is 13.3 Å². The first-order valence-electron chi connectivity index (χ1n) is 3.84. The molecule has 76 valence electrons. The summed E-state index contributed by atoms with van der Waals surface area (Å²) in [6, 6.07) is 0. The number of rotatable bonds is 5. The van der Waals surface area contributed by atoms with Gasteiger partial charge < -0.3 is 10.5 Å². The van der Waals surface area contributed by atoms with Crippen LogP contribution in [-0.4, -0.2) is 24.5 Å². The summed E-state index contributed by atoms with van der Waals surface area (Å²) in [5, 5.41) is 0. The van der Waals surface area contributed by atoms with Crippen molar-refractivity contribution in [1.29, 1.82) is 0 Å². The zero-order chi connectivity index (χ0) is 10.5. The van der Waals surface area contributed by atoms with Gasteiger partial charge in [-0.05, 0) is 13.3 Å². The van der Waals surface area contributed by atoms with Gasteiger partial charge >= 0.3 is 5.97 Å². The lowest BCUT2D eigenvalue weighted by Crippen LogP contribution is -2.54. The van der Waals surface area contributed by atoms with Crippen LogP contribution >= 0.6 is 0 Å². The first kappa shape index (κ1) is 12.0. The van der Waals surface area contributed by atoms with Crippen LogP contribution in [0.15, 0.2) is 12.7 Å². The Bertz CT molecular complexity index is 197. The Morgan fingerprint density at radius 1 is 1.77 bits per heavy atom. The smallest absolute Gasteiger partial charge is 0.332 e. The van der Waals surface area contributed by atoms with Crippen LogP contribution in [0.3, 0.4) is 0 Å². The van der Waals surface area contributed by atoms with Crippen molar-refractivity contribution in [2.75, 3.05) is 6.61 Å². The molecule has 1 unspecified atom stereocenters. The quantitative estimate of drug-likeness (QED) is 0.525. The maximum atomic E-state index is 12.4. The first-order chi connectivity index (χ1) is 5.99. The molecule has 0 aromatic heterocycles. The lowest BCUT2D eigenvalue weighted by molar-refractivity contribution is -0.155. The minimum atomic E-state index is -2.95. The highest BCUT2D eigenvalue weighted by Crippen LogP contribution is 2.19. The molecular weight excluding hydrogens is 180 g/mol. The molecular formula is C8H13F2NO2. The van der Waals surface area contributed by atoms with E-state index in [1.54, 1.807) is 0 Å². The molecule has 0 aromatic rings. The molecule has 0 bridgehead atoms. The summed E-state index contributed by atoms with van der Waals surface area (Å²) < 4.78 is 29.2. The Hall–Kier alpha value is -0.970. The van der Waals surface area contributed by atoms with Crippen molar-refractivity contribution in [1.82, 2.24) is 0 Å². The van der Waals surface area contributed by atoms with Gasteiger partial charge in [0, 0.05) is 0 Å². The molecule has 0 heterocycles. The largest absolute Gasteiger partial charge is 0.464 e. The molecule has 0 radical (unpaired) electrons. The van der Waals surface area contributed by atoms with Crippen molar-refractivity contribution in [3.05, 3.63) is 12.7 Å². The summed E-state index contributed by atoms with van der Waals surface area (Å²) in [5.41, 5.74) is 2.93. The lowest BCUT2D eigenvalue weighted by atomic mass is 9.97. The fourth-order valence-corrected chi connectivity index (χ4v) is 0.766. The molecule has 0 aromatic carbocycles. The predicted molar refractivity (Wildman–Crippen MR) is 44.4 cm³/mol. The molecule has 0 amide bonds. The van der Waals surface area contributed by atoms with Crippen molar-refractivity contribution in [3.8, 4) is 0 Å². The third kappa shape index (κ3) is 2.77. The summed E-state index contributed by atoms with van der Waals surface area (Å²) in [6.07, 6.45) is -2.09. The second-order valence-corrected chi connectivity index (χ2v) is 2.55. The van der Waals surface area contributed by atoms with Crippen molar-refractivity contribution in [2.45, 2.75) is 25.3 Å². The summed E-state index contributed by atoms with van der Waals surface area (Å²) in [6.45, 7) is 4.80. The second-order valence-electron chi connectivity index (χ2n) is 2.55. The van der Waals surface area contributed by atoms with E-state index in [1.807, 2.05) is 0 Å². The van der Waals surface area contributed by atoms with E-state index in [0.717, 1.165) is 0 Å². The van der Waals surface area contributed by atoms with Gasteiger partial charge in [0.25, 0.3) is 6.43 Å². The van der Waals surface area contributed by atoms with Crippen LogP contribution in [0.25, 0.3) is 0 Å². The summed E-state index contributed by atoms with van der Waals surface area (Å²) in [7, 11) is 0. The molecule has 1 atom stereocenters.